The number of rotatable bonds is 4. The van der Waals surface area contributed by atoms with Gasteiger partial charge in [0.05, 0.1) is 4.91 Å². The number of imide groups is 1. The van der Waals surface area contributed by atoms with Crippen LogP contribution in [0.3, 0.4) is 0 Å². The summed E-state index contributed by atoms with van der Waals surface area (Å²) in [7, 11) is 0. The molecule has 8 heteroatoms. The molecule has 0 radical (unpaired) electrons. The van der Waals surface area contributed by atoms with Crippen LogP contribution in [0.5, 0.6) is 5.75 Å². The summed E-state index contributed by atoms with van der Waals surface area (Å²) in [6.07, 6.45) is -0.731. The fourth-order valence-electron chi connectivity index (χ4n) is 4.84. The highest BCUT2D eigenvalue weighted by Crippen LogP contribution is 2.49. The molecule has 35 heavy (non-hydrogen) atoms. The van der Waals surface area contributed by atoms with Crippen molar-refractivity contribution in [2.75, 3.05) is 0 Å². The lowest BCUT2D eigenvalue weighted by Crippen LogP contribution is -2.34. The molecular formula is C27H28F3NO3S. The van der Waals surface area contributed by atoms with Crippen LogP contribution in [0.25, 0.3) is 17.2 Å². The summed E-state index contributed by atoms with van der Waals surface area (Å²) in [6.45, 7) is 10.7. The molecule has 2 aliphatic rings. The Kier molecular flexibility index (Phi) is 6.32. The number of aryl methyl sites for hydroxylation is 1. The molecule has 0 bridgehead atoms. The number of carbonyl (C=O) groups excluding carboxylic acids is 2. The van der Waals surface area contributed by atoms with Gasteiger partial charge in [-0.2, -0.15) is 0 Å². The zero-order valence-electron chi connectivity index (χ0n) is 20.4. The van der Waals surface area contributed by atoms with Gasteiger partial charge >= 0.3 is 6.36 Å². The average Bonchev–Trinajstić information content (AvgIpc) is 3.07. The maximum Gasteiger partial charge on any atom is 0.573 e. The van der Waals surface area contributed by atoms with Gasteiger partial charge in [0.1, 0.15) is 5.75 Å². The van der Waals surface area contributed by atoms with Gasteiger partial charge in [-0.15, -0.1) is 13.2 Å². The maximum absolute atomic E-state index is 13.3. The number of nitrogens with one attached hydrogen (secondary N) is 1. The van der Waals surface area contributed by atoms with Gasteiger partial charge in [0.25, 0.3) is 11.1 Å². The summed E-state index contributed by atoms with van der Waals surface area (Å²) in [4.78, 5) is 23.7. The van der Waals surface area contributed by atoms with Crippen molar-refractivity contribution < 1.29 is 27.5 Å². The molecule has 0 saturated carbocycles. The van der Waals surface area contributed by atoms with Crippen molar-refractivity contribution in [2.24, 2.45) is 0 Å². The van der Waals surface area contributed by atoms with Crippen LogP contribution < -0.4 is 10.1 Å². The molecule has 1 N–H and O–H groups in total. The summed E-state index contributed by atoms with van der Waals surface area (Å²) >= 11 is 0.760. The molecule has 186 valence electrons. The molecule has 1 aliphatic carbocycles. The minimum atomic E-state index is -4.86. The second kappa shape index (κ2) is 8.73. The third-order valence-electron chi connectivity index (χ3n) is 6.92. The van der Waals surface area contributed by atoms with Gasteiger partial charge in [0, 0.05) is 5.56 Å². The molecule has 1 saturated heterocycles. The first-order valence-electron chi connectivity index (χ1n) is 11.5. The Labute approximate surface area is 207 Å². The van der Waals surface area contributed by atoms with Gasteiger partial charge in [0.15, 0.2) is 0 Å². The Morgan fingerprint density at radius 3 is 2.17 bits per heavy atom. The monoisotopic (exact) mass is 503 g/mol. The van der Waals surface area contributed by atoms with E-state index in [-0.39, 0.29) is 21.5 Å². The maximum atomic E-state index is 13.3. The van der Waals surface area contributed by atoms with Crippen LogP contribution in [0, 0.1) is 0 Å². The van der Waals surface area contributed by atoms with Crippen molar-refractivity contribution in [2.45, 2.75) is 71.1 Å². The fourth-order valence-corrected chi connectivity index (χ4v) is 5.52. The second-order valence-corrected chi connectivity index (χ2v) is 11.3. The van der Waals surface area contributed by atoms with E-state index in [9.17, 15) is 22.8 Å². The predicted octanol–water partition coefficient (Wildman–Crippen LogP) is 7.49. The predicted molar refractivity (Wildman–Crippen MR) is 132 cm³/mol. The van der Waals surface area contributed by atoms with Gasteiger partial charge in [-0.3, -0.25) is 14.9 Å². The number of hydrogen-bond acceptors (Lipinski definition) is 4. The van der Waals surface area contributed by atoms with Crippen molar-refractivity contribution in [1.29, 1.82) is 0 Å². The molecule has 2 aromatic rings. The number of benzene rings is 2. The van der Waals surface area contributed by atoms with E-state index in [1.807, 2.05) is 13.0 Å². The number of thioether (sulfide) groups is 1. The van der Waals surface area contributed by atoms with Gasteiger partial charge < -0.3 is 4.74 Å². The highest BCUT2D eigenvalue weighted by molar-refractivity contribution is 8.18. The Morgan fingerprint density at radius 1 is 1.00 bits per heavy atom. The van der Waals surface area contributed by atoms with Crippen LogP contribution in [-0.4, -0.2) is 17.5 Å². The van der Waals surface area contributed by atoms with E-state index in [4.69, 9.17) is 0 Å². The summed E-state index contributed by atoms with van der Waals surface area (Å²) in [5, 5.41) is 1.71. The molecule has 1 heterocycles. The van der Waals surface area contributed by atoms with Crippen LogP contribution in [0.4, 0.5) is 18.0 Å². The lowest BCUT2D eigenvalue weighted by Gasteiger charge is -2.42. The summed E-state index contributed by atoms with van der Waals surface area (Å²) in [5.74, 6) is -0.828. The summed E-state index contributed by atoms with van der Waals surface area (Å²) in [5.41, 5.74) is 4.58. The second-order valence-electron chi connectivity index (χ2n) is 10.3. The zero-order chi connectivity index (χ0) is 25.8. The zero-order valence-corrected chi connectivity index (χ0v) is 21.2. The van der Waals surface area contributed by atoms with Crippen molar-refractivity contribution in [3.05, 3.63) is 57.5 Å². The van der Waals surface area contributed by atoms with E-state index in [0.717, 1.165) is 35.7 Å². The topological polar surface area (TPSA) is 55.4 Å². The van der Waals surface area contributed by atoms with Crippen molar-refractivity contribution >= 4 is 29.0 Å². The van der Waals surface area contributed by atoms with Crippen LogP contribution >= 0.6 is 11.8 Å². The smallest absolute Gasteiger partial charge is 0.405 e. The number of hydrogen-bond donors (Lipinski definition) is 1. The van der Waals surface area contributed by atoms with Crippen LogP contribution in [0.2, 0.25) is 0 Å². The standard InChI is InChI=1S/C27H28F3NO3S/c1-6-16-13-19-20(26(4,5)10-9-25(19,2)3)14-17(16)18-11-15(7-8-21(18)34-27(28,29)30)12-22-23(32)31-24(33)35-22/h7-8,11-14H,6,9-10H2,1-5H3,(H,31,32,33)/b22-12-. The highest BCUT2D eigenvalue weighted by atomic mass is 32.2. The molecule has 4 nitrogen and oxygen atoms in total. The third kappa shape index (κ3) is 5.13. The first-order valence-corrected chi connectivity index (χ1v) is 12.3. The highest BCUT2D eigenvalue weighted by Gasteiger charge is 2.38. The largest absolute Gasteiger partial charge is 0.573 e. The molecule has 0 atom stereocenters. The number of halogens is 3. The van der Waals surface area contributed by atoms with Crippen molar-refractivity contribution in [3.63, 3.8) is 0 Å². The fraction of sp³-hybridized carbons (Fsp3) is 0.407. The van der Waals surface area contributed by atoms with Crippen LogP contribution in [0.1, 0.15) is 69.7 Å². The quantitative estimate of drug-likeness (QED) is 0.439. The SMILES string of the molecule is CCc1cc2c(cc1-c1cc(/C=C3\SC(=O)NC3=O)ccc1OC(F)(F)F)C(C)(C)CCC2(C)C. The number of carbonyl (C=O) groups is 2. The Hall–Kier alpha value is -2.74. The molecule has 2 amide bonds. The average molecular weight is 504 g/mol. The van der Waals surface area contributed by atoms with Crippen LogP contribution in [0.15, 0.2) is 35.2 Å². The number of fused-ring (bicyclic) bond motifs is 1. The summed E-state index contributed by atoms with van der Waals surface area (Å²) < 4.78 is 44.4. The number of ether oxygens (including phenoxy) is 1. The van der Waals surface area contributed by atoms with Gasteiger partial charge in [0.2, 0.25) is 0 Å². The molecule has 0 unspecified atom stereocenters. The molecule has 1 fully saturated rings. The van der Waals surface area contributed by atoms with Gasteiger partial charge in [-0.05, 0) is 93.9 Å². The Bertz CT molecular complexity index is 1240. The lowest BCUT2D eigenvalue weighted by molar-refractivity contribution is -0.274. The normalized spacial score (nSPS) is 20.1. The number of alkyl halides is 3. The summed E-state index contributed by atoms with van der Waals surface area (Å²) in [6, 6.07) is 8.46. The lowest BCUT2D eigenvalue weighted by atomic mass is 9.62. The Balaban J connectivity index is 1.94. The molecule has 1 aliphatic heterocycles. The molecule has 2 aromatic carbocycles. The van der Waals surface area contributed by atoms with E-state index < -0.39 is 17.5 Å². The van der Waals surface area contributed by atoms with E-state index >= 15 is 0 Å². The van der Waals surface area contributed by atoms with Crippen LogP contribution in [-0.2, 0) is 22.0 Å². The minimum absolute atomic E-state index is 0.0372. The third-order valence-corrected chi connectivity index (χ3v) is 7.73. The number of amides is 2. The molecular weight excluding hydrogens is 475 g/mol. The Morgan fingerprint density at radius 2 is 1.63 bits per heavy atom. The molecule has 4 rings (SSSR count). The van der Waals surface area contributed by atoms with E-state index in [0.29, 0.717) is 23.1 Å². The molecule has 0 spiro atoms. The first kappa shape index (κ1) is 25.4. The van der Waals surface area contributed by atoms with E-state index in [2.05, 4.69) is 43.8 Å². The van der Waals surface area contributed by atoms with E-state index in [1.165, 1.54) is 23.8 Å². The van der Waals surface area contributed by atoms with Gasteiger partial charge in [-0.25, -0.2) is 0 Å². The minimum Gasteiger partial charge on any atom is -0.405 e. The van der Waals surface area contributed by atoms with E-state index in [1.54, 1.807) is 6.07 Å². The molecule has 0 aromatic heterocycles. The van der Waals surface area contributed by atoms with Gasteiger partial charge in [-0.1, -0.05) is 46.8 Å². The first-order chi connectivity index (χ1) is 16.2. The van der Waals surface area contributed by atoms with Crippen molar-refractivity contribution in [3.8, 4) is 16.9 Å². The van der Waals surface area contributed by atoms with Crippen molar-refractivity contribution in [1.82, 2.24) is 5.32 Å².